The van der Waals surface area contributed by atoms with Crippen molar-refractivity contribution in [2.24, 2.45) is 0 Å². The first kappa shape index (κ1) is 19.4. The van der Waals surface area contributed by atoms with E-state index in [4.69, 9.17) is 9.57 Å². The molecule has 0 bridgehead atoms. The number of rotatable bonds is 4. The summed E-state index contributed by atoms with van der Waals surface area (Å²) in [5.74, 6) is -0.635. The Kier molecular flexibility index (Phi) is 5.24. The average Bonchev–Trinajstić information content (AvgIpc) is 3.03. The summed E-state index contributed by atoms with van der Waals surface area (Å²) in [5, 5.41) is 1.43. The van der Waals surface area contributed by atoms with Crippen molar-refractivity contribution < 1.29 is 23.6 Å². The number of hydrogen-bond acceptors (Lipinski definition) is 4. The zero-order valence-electron chi connectivity index (χ0n) is 16.3. The van der Waals surface area contributed by atoms with Crippen molar-refractivity contribution in [1.29, 1.82) is 0 Å². The van der Waals surface area contributed by atoms with Crippen molar-refractivity contribution in [3.63, 3.8) is 0 Å². The molecule has 0 radical (unpaired) electrons. The van der Waals surface area contributed by atoms with Crippen LogP contribution in [0.2, 0.25) is 0 Å². The number of halogens is 1. The highest BCUT2D eigenvalue weighted by molar-refractivity contribution is 5.94. The lowest BCUT2D eigenvalue weighted by molar-refractivity contribution is -0.213. The Hall–Kier alpha value is -2.93. The Balaban J connectivity index is 1.39. The summed E-state index contributed by atoms with van der Waals surface area (Å²) >= 11 is 0. The molecule has 7 heteroatoms. The van der Waals surface area contributed by atoms with Crippen LogP contribution >= 0.6 is 0 Å². The first-order valence-corrected chi connectivity index (χ1v) is 9.66. The number of piperidine rings is 1. The lowest BCUT2D eigenvalue weighted by Crippen LogP contribution is -2.47. The van der Waals surface area contributed by atoms with Gasteiger partial charge in [0.15, 0.2) is 0 Å². The van der Waals surface area contributed by atoms with Gasteiger partial charge in [0, 0.05) is 19.2 Å². The van der Waals surface area contributed by atoms with Gasteiger partial charge in [-0.1, -0.05) is 30.3 Å². The van der Waals surface area contributed by atoms with Gasteiger partial charge in [0.05, 0.1) is 25.6 Å². The zero-order valence-corrected chi connectivity index (χ0v) is 16.3. The predicted octanol–water partition coefficient (Wildman–Crippen LogP) is 3.17. The standard InChI is InChI=1S/C22H23FN2O4/c1-28-17-7-8-18(19(23)13-17)21(27)24-11-9-22(10-12-24)14-20(26)25(29-22)15-16-5-3-2-4-6-16/h2-8,13H,9-12,14-15H2,1H3. The molecule has 2 aromatic carbocycles. The molecule has 1 spiro atoms. The van der Waals surface area contributed by atoms with Crippen molar-refractivity contribution >= 4 is 11.8 Å². The van der Waals surface area contributed by atoms with Gasteiger partial charge in [-0.3, -0.25) is 14.4 Å². The first-order valence-electron chi connectivity index (χ1n) is 9.66. The highest BCUT2D eigenvalue weighted by Gasteiger charge is 2.47. The Morgan fingerprint density at radius 2 is 1.90 bits per heavy atom. The van der Waals surface area contributed by atoms with Crippen LogP contribution in [0, 0.1) is 5.82 Å². The summed E-state index contributed by atoms with van der Waals surface area (Å²) in [4.78, 5) is 32.8. The van der Waals surface area contributed by atoms with Crippen LogP contribution in [0.4, 0.5) is 4.39 Å². The molecule has 0 aliphatic carbocycles. The quantitative estimate of drug-likeness (QED) is 0.794. The molecule has 0 N–H and O–H groups in total. The molecule has 2 aliphatic rings. The second-order valence-electron chi connectivity index (χ2n) is 7.51. The molecule has 2 fully saturated rings. The van der Waals surface area contributed by atoms with E-state index in [1.807, 2.05) is 30.3 Å². The molecule has 4 rings (SSSR count). The number of methoxy groups -OCH3 is 1. The number of amides is 2. The molecular formula is C22H23FN2O4. The van der Waals surface area contributed by atoms with Gasteiger partial charge in [-0.2, -0.15) is 0 Å². The first-order chi connectivity index (χ1) is 14.0. The highest BCUT2D eigenvalue weighted by atomic mass is 19.1. The van der Waals surface area contributed by atoms with E-state index in [2.05, 4.69) is 0 Å². The summed E-state index contributed by atoms with van der Waals surface area (Å²) in [6.07, 6.45) is 1.37. The number of hydrogen-bond donors (Lipinski definition) is 0. The van der Waals surface area contributed by atoms with E-state index in [1.54, 1.807) is 11.0 Å². The minimum absolute atomic E-state index is 0.0240. The molecule has 152 valence electrons. The molecule has 6 nitrogen and oxygen atoms in total. The van der Waals surface area contributed by atoms with Crippen molar-refractivity contribution in [1.82, 2.24) is 9.96 Å². The lowest BCUT2D eigenvalue weighted by atomic mass is 9.88. The van der Waals surface area contributed by atoms with Crippen molar-refractivity contribution in [3.05, 3.63) is 65.5 Å². The minimum Gasteiger partial charge on any atom is -0.497 e. The highest BCUT2D eigenvalue weighted by Crippen LogP contribution is 2.37. The van der Waals surface area contributed by atoms with Crippen LogP contribution in [0.15, 0.2) is 48.5 Å². The van der Waals surface area contributed by atoms with Crippen molar-refractivity contribution in [2.75, 3.05) is 20.2 Å². The smallest absolute Gasteiger partial charge is 0.256 e. The van der Waals surface area contributed by atoms with Gasteiger partial charge in [-0.25, -0.2) is 9.45 Å². The Morgan fingerprint density at radius 1 is 1.17 bits per heavy atom. The van der Waals surface area contributed by atoms with Crippen LogP contribution in [0.5, 0.6) is 5.75 Å². The summed E-state index contributed by atoms with van der Waals surface area (Å²) < 4.78 is 19.2. The van der Waals surface area contributed by atoms with E-state index >= 15 is 0 Å². The largest absolute Gasteiger partial charge is 0.497 e. The van der Waals surface area contributed by atoms with Crippen LogP contribution < -0.4 is 4.74 Å². The second-order valence-corrected chi connectivity index (χ2v) is 7.51. The number of likely N-dealkylation sites (tertiary alicyclic amines) is 1. The van der Waals surface area contributed by atoms with Crippen molar-refractivity contribution in [3.8, 4) is 5.75 Å². The van der Waals surface area contributed by atoms with E-state index < -0.39 is 11.4 Å². The van der Waals surface area contributed by atoms with Gasteiger partial charge >= 0.3 is 0 Å². The number of ether oxygens (including phenoxy) is 1. The van der Waals surface area contributed by atoms with Crippen LogP contribution in [0.25, 0.3) is 0 Å². The maximum atomic E-state index is 14.2. The molecule has 0 aromatic heterocycles. The van der Waals surface area contributed by atoms with E-state index in [9.17, 15) is 14.0 Å². The van der Waals surface area contributed by atoms with E-state index in [-0.39, 0.29) is 17.4 Å². The third-order valence-electron chi connectivity index (χ3n) is 5.59. The molecule has 0 atom stereocenters. The molecule has 29 heavy (non-hydrogen) atoms. The van der Waals surface area contributed by atoms with Gasteiger partial charge < -0.3 is 9.64 Å². The maximum Gasteiger partial charge on any atom is 0.256 e. The van der Waals surface area contributed by atoms with Gasteiger partial charge in [-0.05, 0) is 30.5 Å². The number of carbonyl (C=O) groups is 2. The normalized spacial score (nSPS) is 18.3. The van der Waals surface area contributed by atoms with Crippen LogP contribution in [0.1, 0.15) is 35.2 Å². The molecule has 2 aromatic rings. The lowest BCUT2D eigenvalue weighted by Gasteiger charge is -2.37. The molecular weight excluding hydrogens is 375 g/mol. The number of nitrogens with zero attached hydrogens (tertiary/aromatic N) is 2. The average molecular weight is 398 g/mol. The second kappa shape index (κ2) is 7.83. The van der Waals surface area contributed by atoms with Gasteiger partial charge in [0.25, 0.3) is 5.91 Å². The Labute approximate surface area is 168 Å². The monoisotopic (exact) mass is 398 g/mol. The summed E-state index contributed by atoms with van der Waals surface area (Å²) in [5.41, 5.74) is 0.442. The summed E-state index contributed by atoms with van der Waals surface area (Å²) in [7, 11) is 1.45. The van der Waals surface area contributed by atoms with Crippen molar-refractivity contribution in [2.45, 2.75) is 31.4 Å². The number of hydroxylamine groups is 2. The maximum absolute atomic E-state index is 14.2. The van der Waals surface area contributed by atoms with Crippen LogP contribution in [0.3, 0.4) is 0 Å². The summed E-state index contributed by atoms with van der Waals surface area (Å²) in [6.45, 7) is 1.23. The molecule has 2 amide bonds. The number of carbonyl (C=O) groups excluding carboxylic acids is 2. The number of benzene rings is 2. The molecule has 2 saturated heterocycles. The van der Waals surface area contributed by atoms with Crippen LogP contribution in [-0.4, -0.2) is 47.6 Å². The fraction of sp³-hybridized carbons (Fsp3) is 0.364. The fourth-order valence-corrected chi connectivity index (χ4v) is 3.90. The topological polar surface area (TPSA) is 59.1 Å². The van der Waals surface area contributed by atoms with Gasteiger partial charge in [0.1, 0.15) is 17.2 Å². The van der Waals surface area contributed by atoms with E-state index in [0.29, 0.717) is 44.6 Å². The predicted molar refractivity (Wildman–Crippen MR) is 104 cm³/mol. The minimum atomic E-state index is -0.601. The van der Waals surface area contributed by atoms with E-state index in [0.717, 1.165) is 5.56 Å². The molecule has 2 heterocycles. The van der Waals surface area contributed by atoms with Gasteiger partial charge in [0.2, 0.25) is 5.91 Å². The molecule has 0 unspecified atom stereocenters. The Morgan fingerprint density at radius 3 is 2.55 bits per heavy atom. The molecule has 2 aliphatic heterocycles. The van der Waals surface area contributed by atoms with E-state index in [1.165, 1.54) is 24.3 Å². The zero-order chi connectivity index (χ0) is 20.4. The SMILES string of the molecule is COc1ccc(C(=O)N2CCC3(CC2)CC(=O)N(Cc2ccccc2)O3)c(F)c1. The fourth-order valence-electron chi connectivity index (χ4n) is 3.90. The summed E-state index contributed by atoms with van der Waals surface area (Å²) in [6, 6.07) is 13.9. The molecule has 0 saturated carbocycles. The third kappa shape index (κ3) is 3.96. The van der Waals surface area contributed by atoms with Crippen LogP contribution in [-0.2, 0) is 16.2 Å². The van der Waals surface area contributed by atoms with Gasteiger partial charge in [-0.15, -0.1) is 0 Å². The Bertz CT molecular complexity index is 910. The third-order valence-corrected chi connectivity index (χ3v) is 5.59.